The number of carbonyl (C=O) groups excluding carboxylic acids is 1. The summed E-state index contributed by atoms with van der Waals surface area (Å²) in [5.74, 6) is 0.496. The third-order valence-corrected chi connectivity index (χ3v) is 5.99. The Morgan fingerprint density at radius 1 is 1.19 bits per heavy atom. The van der Waals surface area contributed by atoms with Crippen LogP contribution in [0.1, 0.15) is 28.5 Å². The molecule has 4 aromatic rings. The van der Waals surface area contributed by atoms with Gasteiger partial charge in [-0.2, -0.15) is 5.10 Å². The van der Waals surface area contributed by atoms with E-state index in [0.717, 1.165) is 28.8 Å². The summed E-state index contributed by atoms with van der Waals surface area (Å²) in [5, 5.41) is 5.70. The zero-order chi connectivity index (χ0) is 22.8. The van der Waals surface area contributed by atoms with E-state index in [1.807, 2.05) is 73.3 Å². The van der Waals surface area contributed by atoms with Gasteiger partial charge < -0.3 is 9.64 Å². The van der Waals surface area contributed by atoms with Crippen molar-refractivity contribution in [1.29, 1.82) is 0 Å². The average Bonchev–Trinajstić information content (AvgIpc) is 3.16. The minimum Gasteiger partial charge on any atom is -0.494 e. The van der Waals surface area contributed by atoms with Crippen LogP contribution in [0.15, 0.2) is 54.7 Å². The van der Waals surface area contributed by atoms with Gasteiger partial charge in [0, 0.05) is 47.4 Å². The van der Waals surface area contributed by atoms with E-state index >= 15 is 0 Å². The van der Waals surface area contributed by atoms with E-state index in [-0.39, 0.29) is 5.91 Å². The predicted octanol–water partition coefficient (Wildman–Crippen LogP) is 5.36. The van der Waals surface area contributed by atoms with Gasteiger partial charge in [0.1, 0.15) is 11.3 Å². The van der Waals surface area contributed by atoms with Crippen LogP contribution in [0.4, 0.5) is 0 Å². The summed E-state index contributed by atoms with van der Waals surface area (Å²) in [5.41, 5.74) is 4.64. The first-order valence-electron chi connectivity index (χ1n) is 10.4. The van der Waals surface area contributed by atoms with E-state index in [0.29, 0.717) is 34.1 Å². The number of benzene rings is 2. The Hall–Kier alpha value is -3.38. The van der Waals surface area contributed by atoms with Gasteiger partial charge in [0.05, 0.1) is 24.6 Å². The Bertz CT molecular complexity index is 1300. The molecule has 0 saturated heterocycles. The number of rotatable bonds is 6. The number of ether oxygens (including phenoxy) is 1. The van der Waals surface area contributed by atoms with Crippen molar-refractivity contribution < 1.29 is 9.53 Å². The molecule has 0 radical (unpaired) electrons. The molecule has 6 nitrogen and oxygen atoms in total. The van der Waals surface area contributed by atoms with Crippen LogP contribution in [0.25, 0.3) is 22.2 Å². The number of carbonyl (C=O) groups is 1. The molecule has 2 aromatic heterocycles. The van der Waals surface area contributed by atoms with Crippen molar-refractivity contribution in [2.24, 2.45) is 0 Å². The van der Waals surface area contributed by atoms with Gasteiger partial charge >= 0.3 is 0 Å². The zero-order valence-electron chi connectivity index (χ0n) is 18.6. The van der Waals surface area contributed by atoms with Gasteiger partial charge in [0.25, 0.3) is 5.91 Å². The Labute approximate surface area is 192 Å². The Morgan fingerprint density at radius 2 is 1.97 bits per heavy atom. The highest BCUT2D eigenvalue weighted by molar-refractivity contribution is 6.33. The van der Waals surface area contributed by atoms with Crippen molar-refractivity contribution in [3.63, 3.8) is 0 Å². The van der Waals surface area contributed by atoms with Crippen LogP contribution >= 0.6 is 11.6 Å². The largest absolute Gasteiger partial charge is 0.494 e. The van der Waals surface area contributed by atoms with Crippen LogP contribution in [0.5, 0.6) is 5.75 Å². The van der Waals surface area contributed by atoms with E-state index in [1.165, 1.54) is 0 Å². The number of halogens is 1. The lowest BCUT2D eigenvalue weighted by Gasteiger charge is -2.19. The van der Waals surface area contributed by atoms with Crippen LogP contribution in [0, 0.1) is 6.92 Å². The van der Waals surface area contributed by atoms with Crippen LogP contribution < -0.4 is 4.74 Å². The third kappa shape index (κ3) is 3.94. The number of para-hydroxylation sites is 1. The topological polar surface area (TPSA) is 60.2 Å². The number of methoxy groups -OCH3 is 1. The summed E-state index contributed by atoms with van der Waals surface area (Å²) in [6.07, 6.45) is 1.82. The van der Waals surface area contributed by atoms with E-state index in [2.05, 4.69) is 5.10 Å². The molecule has 0 aliphatic carbocycles. The smallest absolute Gasteiger partial charge is 0.254 e. The van der Waals surface area contributed by atoms with Crippen LogP contribution in [-0.2, 0) is 13.1 Å². The number of nitrogens with zero attached hydrogens (tertiary/aromatic N) is 4. The minimum atomic E-state index is -0.109. The SMILES string of the molecule is CCn1ncc(CN(C)C(=O)c2cc(-c3ccccc3Cl)nc3c(OC)cccc23)c1C. The predicted molar refractivity (Wildman–Crippen MR) is 127 cm³/mol. The highest BCUT2D eigenvalue weighted by Gasteiger charge is 2.21. The normalized spacial score (nSPS) is 11.0. The van der Waals surface area contributed by atoms with Crippen molar-refractivity contribution >= 4 is 28.4 Å². The molecule has 4 rings (SSSR count). The van der Waals surface area contributed by atoms with Gasteiger partial charge in [0.2, 0.25) is 0 Å². The molecule has 0 spiro atoms. The standard InChI is InChI=1S/C25H25ClN4O2/c1-5-30-16(2)17(14-27-30)15-29(3)25(31)20-13-22(19-9-6-7-11-21(19)26)28-24-18(20)10-8-12-23(24)32-4/h6-14H,5,15H2,1-4H3. The highest BCUT2D eigenvalue weighted by Crippen LogP contribution is 2.33. The quantitative estimate of drug-likeness (QED) is 0.398. The van der Waals surface area contributed by atoms with Crippen LogP contribution in [0.2, 0.25) is 5.02 Å². The summed E-state index contributed by atoms with van der Waals surface area (Å²) < 4.78 is 7.47. The fraction of sp³-hybridized carbons (Fsp3) is 0.240. The molecular weight excluding hydrogens is 424 g/mol. The number of fused-ring (bicyclic) bond motifs is 1. The van der Waals surface area contributed by atoms with Crippen molar-refractivity contribution in [3.8, 4) is 17.0 Å². The molecule has 7 heteroatoms. The lowest BCUT2D eigenvalue weighted by atomic mass is 10.0. The van der Waals surface area contributed by atoms with Gasteiger partial charge in [-0.1, -0.05) is 41.9 Å². The lowest BCUT2D eigenvalue weighted by molar-refractivity contribution is 0.0787. The minimum absolute atomic E-state index is 0.109. The van der Waals surface area contributed by atoms with Gasteiger partial charge in [-0.3, -0.25) is 9.48 Å². The Morgan fingerprint density at radius 3 is 2.66 bits per heavy atom. The average molecular weight is 449 g/mol. The number of hydrogen-bond donors (Lipinski definition) is 0. The molecule has 0 fully saturated rings. The van der Waals surface area contributed by atoms with Crippen molar-refractivity contribution in [2.45, 2.75) is 26.9 Å². The highest BCUT2D eigenvalue weighted by atomic mass is 35.5. The molecule has 0 N–H and O–H groups in total. The molecule has 2 heterocycles. The van der Waals surface area contributed by atoms with Crippen LogP contribution in [0.3, 0.4) is 0 Å². The molecule has 0 bridgehead atoms. The second-order valence-electron chi connectivity index (χ2n) is 7.62. The number of hydrogen-bond acceptors (Lipinski definition) is 4. The molecule has 32 heavy (non-hydrogen) atoms. The van der Waals surface area contributed by atoms with Crippen molar-refractivity contribution in [2.75, 3.05) is 14.2 Å². The second-order valence-corrected chi connectivity index (χ2v) is 8.03. The summed E-state index contributed by atoms with van der Waals surface area (Å²) >= 11 is 6.44. The monoisotopic (exact) mass is 448 g/mol. The fourth-order valence-corrected chi connectivity index (χ4v) is 4.10. The zero-order valence-corrected chi connectivity index (χ0v) is 19.3. The van der Waals surface area contributed by atoms with Gasteiger partial charge in [-0.05, 0) is 32.0 Å². The van der Waals surface area contributed by atoms with Crippen molar-refractivity contribution in [1.82, 2.24) is 19.7 Å². The first kappa shape index (κ1) is 21.8. The van der Waals surface area contributed by atoms with Crippen molar-refractivity contribution in [3.05, 3.63) is 76.6 Å². The maximum Gasteiger partial charge on any atom is 0.254 e. The number of pyridine rings is 1. The summed E-state index contributed by atoms with van der Waals surface area (Å²) in [6, 6.07) is 14.9. The lowest BCUT2D eigenvalue weighted by Crippen LogP contribution is -2.27. The number of aromatic nitrogens is 3. The molecule has 0 saturated carbocycles. The van der Waals surface area contributed by atoms with E-state index < -0.39 is 0 Å². The Balaban J connectivity index is 1.82. The van der Waals surface area contributed by atoms with Crippen LogP contribution in [-0.4, -0.2) is 39.7 Å². The molecule has 0 aliphatic rings. The van der Waals surface area contributed by atoms with E-state index in [4.69, 9.17) is 21.3 Å². The molecule has 0 aliphatic heterocycles. The number of amides is 1. The van der Waals surface area contributed by atoms with E-state index in [1.54, 1.807) is 19.1 Å². The first-order chi connectivity index (χ1) is 15.4. The van der Waals surface area contributed by atoms with Gasteiger partial charge in [-0.15, -0.1) is 0 Å². The summed E-state index contributed by atoms with van der Waals surface area (Å²) in [4.78, 5) is 20.1. The van der Waals surface area contributed by atoms with Gasteiger partial charge in [0.15, 0.2) is 0 Å². The molecular formula is C25H25ClN4O2. The maximum absolute atomic E-state index is 13.6. The molecule has 1 amide bonds. The molecule has 0 unspecified atom stereocenters. The van der Waals surface area contributed by atoms with E-state index in [9.17, 15) is 4.79 Å². The number of aryl methyl sites for hydroxylation is 1. The second kappa shape index (κ2) is 9.01. The van der Waals surface area contributed by atoms with Gasteiger partial charge in [-0.25, -0.2) is 4.98 Å². The summed E-state index contributed by atoms with van der Waals surface area (Å²) in [6.45, 7) is 5.32. The third-order valence-electron chi connectivity index (χ3n) is 5.66. The molecule has 2 aromatic carbocycles. The Kier molecular flexibility index (Phi) is 6.15. The maximum atomic E-state index is 13.6. The first-order valence-corrected chi connectivity index (χ1v) is 10.8. The molecule has 164 valence electrons. The fourth-order valence-electron chi connectivity index (χ4n) is 3.86. The summed E-state index contributed by atoms with van der Waals surface area (Å²) in [7, 11) is 3.40. The molecule has 0 atom stereocenters.